The van der Waals surface area contributed by atoms with E-state index in [2.05, 4.69) is 10.6 Å². The van der Waals surface area contributed by atoms with E-state index in [-0.39, 0.29) is 25.0 Å². The molecule has 132 valence electrons. The lowest BCUT2D eigenvalue weighted by molar-refractivity contribution is 0.103. The highest BCUT2D eigenvalue weighted by Crippen LogP contribution is 2.12. The minimum atomic E-state index is -0.550. The van der Waals surface area contributed by atoms with Crippen molar-refractivity contribution in [2.24, 2.45) is 5.92 Å². The molecule has 2 amide bonds. The van der Waals surface area contributed by atoms with Crippen molar-refractivity contribution in [3.05, 3.63) is 34.8 Å². The summed E-state index contributed by atoms with van der Waals surface area (Å²) in [6, 6.07) is 6.79. The van der Waals surface area contributed by atoms with E-state index in [1.165, 1.54) is 4.57 Å². The van der Waals surface area contributed by atoms with E-state index in [1.54, 1.807) is 18.2 Å². The number of hydrogen-bond donors (Lipinski definition) is 3. The van der Waals surface area contributed by atoms with Crippen molar-refractivity contribution in [3.8, 4) is 0 Å². The largest absolute Gasteiger partial charge is 0.420 e. The van der Waals surface area contributed by atoms with Gasteiger partial charge in [-0.05, 0) is 18.1 Å². The first-order valence-electron chi connectivity index (χ1n) is 8.34. The van der Waals surface area contributed by atoms with Gasteiger partial charge in [0.05, 0.1) is 11.6 Å². The monoisotopic (exact) mass is 335 g/mol. The van der Waals surface area contributed by atoms with Crippen LogP contribution in [0.15, 0.2) is 33.5 Å². The Morgan fingerprint density at radius 1 is 1.25 bits per heavy atom. The summed E-state index contributed by atoms with van der Waals surface area (Å²) in [5.74, 6) is -0.260. The fourth-order valence-electron chi connectivity index (χ4n) is 2.77. The zero-order chi connectivity index (χ0) is 17.5. The molecule has 1 heterocycles. The Hall–Kier alpha value is -2.28. The van der Waals surface area contributed by atoms with Gasteiger partial charge in [0.25, 0.3) is 0 Å². The van der Waals surface area contributed by atoms with Crippen LogP contribution in [0.25, 0.3) is 11.1 Å². The minimum Gasteiger partial charge on any atom is -0.408 e. The van der Waals surface area contributed by atoms with Gasteiger partial charge < -0.3 is 20.2 Å². The topological polar surface area (TPSA) is 96.5 Å². The van der Waals surface area contributed by atoms with E-state index in [4.69, 9.17) is 4.42 Å². The molecule has 2 rings (SSSR count). The van der Waals surface area contributed by atoms with Crippen molar-refractivity contribution in [2.45, 2.75) is 39.3 Å². The number of fused-ring (bicyclic) bond motifs is 1. The molecule has 0 bridgehead atoms. The number of para-hydroxylation sites is 2. The Morgan fingerprint density at radius 2 is 1.96 bits per heavy atom. The van der Waals surface area contributed by atoms with Gasteiger partial charge in [0, 0.05) is 19.6 Å². The second kappa shape index (κ2) is 8.54. The molecule has 0 radical (unpaired) electrons. The van der Waals surface area contributed by atoms with Crippen molar-refractivity contribution < 1.29 is 14.3 Å². The molecule has 0 aliphatic carbocycles. The van der Waals surface area contributed by atoms with Crippen LogP contribution in [0.5, 0.6) is 0 Å². The zero-order valence-corrected chi connectivity index (χ0v) is 14.1. The van der Waals surface area contributed by atoms with Gasteiger partial charge in [0.1, 0.15) is 0 Å². The van der Waals surface area contributed by atoms with Crippen LogP contribution in [0.4, 0.5) is 4.79 Å². The summed E-state index contributed by atoms with van der Waals surface area (Å²) < 4.78 is 6.61. The molecule has 1 atom stereocenters. The number of aromatic nitrogens is 1. The molecule has 0 aliphatic rings. The number of nitrogens with zero attached hydrogens (tertiary/aromatic N) is 1. The lowest BCUT2D eigenvalue weighted by atomic mass is 9.97. The zero-order valence-electron chi connectivity index (χ0n) is 14.1. The van der Waals surface area contributed by atoms with Crippen molar-refractivity contribution in [1.82, 2.24) is 15.2 Å². The van der Waals surface area contributed by atoms with Gasteiger partial charge >= 0.3 is 11.8 Å². The summed E-state index contributed by atoms with van der Waals surface area (Å²) in [7, 11) is 0. The van der Waals surface area contributed by atoms with E-state index in [1.807, 2.05) is 19.9 Å². The SMILES string of the molecule is CCC(CC)C(O)CNC(=O)NCCn1c(=O)oc2ccccc21. The summed E-state index contributed by atoms with van der Waals surface area (Å²) in [6.07, 6.45) is 1.20. The first kappa shape index (κ1) is 18.1. The van der Waals surface area contributed by atoms with Crippen molar-refractivity contribution >= 4 is 17.1 Å². The molecule has 7 heteroatoms. The van der Waals surface area contributed by atoms with Crippen LogP contribution in [0, 0.1) is 5.92 Å². The number of hydrogen-bond acceptors (Lipinski definition) is 4. The van der Waals surface area contributed by atoms with E-state index in [9.17, 15) is 14.7 Å². The summed E-state index contributed by atoms with van der Waals surface area (Å²) in [4.78, 5) is 23.6. The molecule has 0 aliphatic heterocycles. The highest BCUT2D eigenvalue weighted by atomic mass is 16.4. The molecule has 24 heavy (non-hydrogen) atoms. The van der Waals surface area contributed by atoms with Crippen LogP contribution in [-0.2, 0) is 6.54 Å². The molecule has 0 fully saturated rings. The molecule has 2 aromatic rings. The van der Waals surface area contributed by atoms with Crippen molar-refractivity contribution in [3.63, 3.8) is 0 Å². The van der Waals surface area contributed by atoms with Crippen LogP contribution in [0.1, 0.15) is 26.7 Å². The Morgan fingerprint density at radius 3 is 2.67 bits per heavy atom. The molecule has 7 nitrogen and oxygen atoms in total. The van der Waals surface area contributed by atoms with Gasteiger partial charge in [0.15, 0.2) is 5.58 Å². The number of carbonyl (C=O) groups is 1. The molecule has 1 unspecified atom stereocenters. The third-order valence-electron chi connectivity index (χ3n) is 4.26. The van der Waals surface area contributed by atoms with Gasteiger partial charge in [-0.3, -0.25) is 4.57 Å². The summed E-state index contributed by atoms with van der Waals surface area (Å²) >= 11 is 0. The second-order valence-corrected chi connectivity index (χ2v) is 5.77. The van der Waals surface area contributed by atoms with Crippen molar-refractivity contribution in [2.75, 3.05) is 13.1 Å². The normalized spacial score (nSPS) is 12.5. The van der Waals surface area contributed by atoms with Gasteiger partial charge in [-0.15, -0.1) is 0 Å². The standard InChI is InChI=1S/C17H25N3O4/c1-3-12(4-2)14(21)11-19-16(22)18-9-10-20-13-7-5-6-8-15(13)24-17(20)23/h5-8,12,14,21H,3-4,9-11H2,1-2H3,(H2,18,19,22). The Balaban J connectivity index is 1.80. The lowest BCUT2D eigenvalue weighted by Gasteiger charge is -2.20. The fourth-order valence-corrected chi connectivity index (χ4v) is 2.77. The predicted molar refractivity (Wildman–Crippen MR) is 92.0 cm³/mol. The van der Waals surface area contributed by atoms with Crippen LogP contribution in [-0.4, -0.2) is 34.9 Å². The predicted octanol–water partition coefficient (Wildman–Crippen LogP) is 1.69. The first-order valence-corrected chi connectivity index (χ1v) is 8.34. The first-order chi connectivity index (χ1) is 11.6. The van der Waals surface area contributed by atoms with E-state index < -0.39 is 11.9 Å². The number of oxazole rings is 1. The third kappa shape index (κ3) is 4.38. The lowest BCUT2D eigenvalue weighted by Crippen LogP contribution is -2.42. The summed E-state index contributed by atoms with van der Waals surface area (Å²) in [5.41, 5.74) is 1.23. The maximum Gasteiger partial charge on any atom is 0.420 e. The van der Waals surface area contributed by atoms with E-state index in [0.29, 0.717) is 17.6 Å². The number of aliphatic hydroxyl groups is 1. The maximum absolute atomic E-state index is 11.8. The van der Waals surface area contributed by atoms with Crippen LogP contribution in [0.3, 0.4) is 0 Å². The molecule has 0 saturated heterocycles. The Bertz CT molecular complexity index is 718. The number of amides is 2. The molecular formula is C17H25N3O4. The van der Waals surface area contributed by atoms with E-state index >= 15 is 0 Å². The third-order valence-corrected chi connectivity index (χ3v) is 4.26. The smallest absolute Gasteiger partial charge is 0.408 e. The highest BCUT2D eigenvalue weighted by molar-refractivity contribution is 5.74. The number of nitrogens with one attached hydrogen (secondary N) is 2. The molecule has 3 N–H and O–H groups in total. The highest BCUT2D eigenvalue weighted by Gasteiger charge is 2.16. The van der Waals surface area contributed by atoms with Crippen molar-refractivity contribution in [1.29, 1.82) is 0 Å². The fraction of sp³-hybridized carbons (Fsp3) is 0.529. The number of aliphatic hydroxyl groups excluding tert-OH is 1. The number of urea groups is 1. The van der Waals surface area contributed by atoms with Crippen LogP contribution >= 0.6 is 0 Å². The molecule has 0 saturated carbocycles. The molecule has 1 aromatic heterocycles. The van der Waals surface area contributed by atoms with Gasteiger partial charge in [-0.2, -0.15) is 0 Å². The number of benzene rings is 1. The van der Waals surface area contributed by atoms with E-state index in [0.717, 1.165) is 12.8 Å². The second-order valence-electron chi connectivity index (χ2n) is 5.77. The number of carbonyl (C=O) groups excluding carboxylic acids is 1. The molecule has 0 spiro atoms. The average Bonchev–Trinajstić information content (AvgIpc) is 2.90. The van der Waals surface area contributed by atoms with Gasteiger partial charge in [-0.25, -0.2) is 9.59 Å². The van der Waals surface area contributed by atoms with Crippen LogP contribution < -0.4 is 16.4 Å². The Labute approximate surface area is 140 Å². The quantitative estimate of drug-likeness (QED) is 0.684. The van der Waals surface area contributed by atoms with Crippen LogP contribution in [0.2, 0.25) is 0 Å². The van der Waals surface area contributed by atoms with Gasteiger partial charge in [-0.1, -0.05) is 38.8 Å². The van der Waals surface area contributed by atoms with Gasteiger partial charge in [0.2, 0.25) is 0 Å². The minimum absolute atomic E-state index is 0.182. The Kier molecular flexibility index (Phi) is 6.43. The summed E-state index contributed by atoms with van der Waals surface area (Å²) in [5, 5.41) is 15.3. The molecular weight excluding hydrogens is 310 g/mol. The maximum atomic E-state index is 11.8. The molecule has 1 aromatic carbocycles. The number of rotatable bonds is 8. The summed E-state index contributed by atoms with van der Waals surface area (Å²) in [6.45, 7) is 4.86. The average molecular weight is 335 g/mol.